The first-order valence-electron chi connectivity index (χ1n) is 9.83. The molecule has 1 aliphatic heterocycles. The van der Waals surface area contributed by atoms with Crippen molar-refractivity contribution in [2.24, 2.45) is 0 Å². The fourth-order valence-corrected chi connectivity index (χ4v) is 5.62. The van der Waals surface area contributed by atoms with Crippen LogP contribution in [0.3, 0.4) is 0 Å². The van der Waals surface area contributed by atoms with E-state index in [1.165, 1.54) is 21.9 Å². The van der Waals surface area contributed by atoms with Crippen molar-refractivity contribution >= 4 is 26.7 Å². The number of aromatic nitrogens is 2. The standard InChI is InChI=1S/C21H23FN4O3S2/c1-15-13-16(3-8-19(15)22)14-20-23-21(30-24-20)25-9-11-26(12-10-25)31(27,28)18-6-4-17(29-2)5-7-18/h3-8,13H,9-12,14H2,1-2H3. The molecule has 0 bridgehead atoms. The highest BCUT2D eigenvalue weighted by atomic mass is 32.2. The number of halogens is 1. The highest BCUT2D eigenvalue weighted by molar-refractivity contribution is 7.89. The van der Waals surface area contributed by atoms with Crippen LogP contribution >= 0.6 is 11.5 Å². The highest BCUT2D eigenvalue weighted by Gasteiger charge is 2.29. The molecule has 0 atom stereocenters. The van der Waals surface area contributed by atoms with Crippen LogP contribution in [0.4, 0.5) is 9.52 Å². The molecule has 7 nitrogen and oxygen atoms in total. The van der Waals surface area contributed by atoms with Gasteiger partial charge in [-0.25, -0.2) is 17.8 Å². The number of hydrogen-bond donors (Lipinski definition) is 0. The molecule has 3 aromatic rings. The molecule has 0 radical (unpaired) electrons. The predicted octanol–water partition coefficient (Wildman–Crippen LogP) is 3.10. The number of piperazine rings is 1. The fraction of sp³-hybridized carbons (Fsp3) is 0.333. The molecule has 1 aliphatic rings. The maximum atomic E-state index is 13.5. The number of rotatable bonds is 6. The molecule has 1 aromatic heterocycles. The van der Waals surface area contributed by atoms with Crippen molar-refractivity contribution in [3.63, 3.8) is 0 Å². The van der Waals surface area contributed by atoms with Crippen LogP contribution < -0.4 is 9.64 Å². The van der Waals surface area contributed by atoms with E-state index in [0.717, 1.165) is 10.7 Å². The summed E-state index contributed by atoms with van der Waals surface area (Å²) in [7, 11) is -2.00. The number of methoxy groups -OCH3 is 1. The van der Waals surface area contributed by atoms with E-state index in [4.69, 9.17) is 4.74 Å². The molecule has 0 N–H and O–H groups in total. The average molecular weight is 463 g/mol. The van der Waals surface area contributed by atoms with Crippen molar-refractivity contribution in [3.05, 3.63) is 65.2 Å². The molecule has 2 aromatic carbocycles. The zero-order valence-corrected chi connectivity index (χ0v) is 18.9. The summed E-state index contributed by atoms with van der Waals surface area (Å²) < 4.78 is 50.3. The van der Waals surface area contributed by atoms with Gasteiger partial charge in [0.1, 0.15) is 17.4 Å². The van der Waals surface area contributed by atoms with Gasteiger partial charge in [-0.1, -0.05) is 12.1 Å². The van der Waals surface area contributed by atoms with Gasteiger partial charge in [0.15, 0.2) is 0 Å². The molecule has 1 saturated heterocycles. The molecule has 1 fully saturated rings. The molecule has 31 heavy (non-hydrogen) atoms. The van der Waals surface area contributed by atoms with Crippen molar-refractivity contribution in [1.82, 2.24) is 13.7 Å². The number of sulfonamides is 1. The summed E-state index contributed by atoms with van der Waals surface area (Å²) in [6.07, 6.45) is 0.531. The Hall–Kier alpha value is -2.56. The van der Waals surface area contributed by atoms with Gasteiger partial charge in [0.05, 0.1) is 12.0 Å². The summed E-state index contributed by atoms with van der Waals surface area (Å²) in [6.45, 7) is 3.57. The molecule has 0 spiro atoms. The van der Waals surface area contributed by atoms with E-state index in [0.29, 0.717) is 49.7 Å². The van der Waals surface area contributed by atoms with Gasteiger partial charge in [0, 0.05) is 44.1 Å². The Balaban J connectivity index is 1.39. The third-order valence-electron chi connectivity index (χ3n) is 5.25. The van der Waals surface area contributed by atoms with Gasteiger partial charge >= 0.3 is 0 Å². The van der Waals surface area contributed by atoms with E-state index in [2.05, 4.69) is 14.3 Å². The Morgan fingerprint density at radius 1 is 1.10 bits per heavy atom. The molecule has 0 unspecified atom stereocenters. The Labute approximate surface area is 185 Å². The predicted molar refractivity (Wildman–Crippen MR) is 118 cm³/mol. The van der Waals surface area contributed by atoms with Crippen molar-refractivity contribution in [2.75, 3.05) is 38.2 Å². The lowest BCUT2D eigenvalue weighted by Crippen LogP contribution is -2.48. The first kappa shape index (κ1) is 21.7. The van der Waals surface area contributed by atoms with E-state index in [9.17, 15) is 12.8 Å². The molecule has 4 rings (SSSR count). The third-order valence-corrected chi connectivity index (χ3v) is 7.98. The van der Waals surface area contributed by atoms with Gasteiger partial charge < -0.3 is 9.64 Å². The second-order valence-corrected chi connectivity index (χ2v) is 9.99. The van der Waals surface area contributed by atoms with Gasteiger partial charge in [-0.15, -0.1) is 0 Å². The van der Waals surface area contributed by atoms with E-state index in [1.54, 1.807) is 50.4 Å². The summed E-state index contributed by atoms with van der Waals surface area (Å²) in [5.41, 5.74) is 1.56. The Kier molecular flexibility index (Phi) is 6.22. The average Bonchev–Trinajstić information content (AvgIpc) is 3.25. The fourth-order valence-electron chi connectivity index (χ4n) is 3.46. The summed E-state index contributed by atoms with van der Waals surface area (Å²) in [5, 5.41) is 0.773. The molecule has 2 heterocycles. The van der Waals surface area contributed by atoms with Gasteiger partial charge in [-0.05, 0) is 48.4 Å². The van der Waals surface area contributed by atoms with Crippen LogP contribution in [0, 0.1) is 12.7 Å². The van der Waals surface area contributed by atoms with Crippen LogP contribution in [0.1, 0.15) is 17.0 Å². The van der Waals surface area contributed by atoms with Crippen molar-refractivity contribution < 1.29 is 17.5 Å². The van der Waals surface area contributed by atoms with Gasteiger partial charge in [-0.3, -0.25) is 0 Å². The third kappa shape index (κ3) is 4.70. The monoisotopic (exact) mass is 462 g/mol. The Bertz CT molecular complexity index is 1160. The number of anilines is 1. The number of nitrogens with zero attached hydrogens (tertiary/aromatic N) is 4. The first-order chi connectivity index (χ1) is 14.9. The Morgan fingerprint density at radius 3 is 2.45 bits per heavy atom. The lowest BCUT2D eigenvalue weighted by Gasteiger charge is -2.33. The van der Waals surface area contributed by atoms with Crippen LogP contribution in [-0.2, 0) is 16.4 Å². The van der Waals surface area contributed by atoms with E-state index in [-0.39, 0.29) is 10.7 Å². The van der Waals surface area contributed by atoms with E-state index < -0.39 is 10.0 Å². The zero-order chi connectivity index (χ0) is 22.0. The second kappa shape index (κ2) is 8.89. The number of aryl methyl sites for hydroxylation is 1. The first-order valence-corrected chi connectivity index (χ1v) is 12.0. The van der Waals surface area contributed by atoms with Crippen LogP contribution in [0.15, 0.2) is 47.4 Å². The van der Waals surface area contributed by atoms with Gasteiger partial charge in [0.25, 0.3) is 0 Å². The smallest absolute Gasteiger partial charge is 0.243 e. The normalized spacial score (nSPS) is 15.3. The van der Waals surface area contributed by atoms with Crippen LogP contribution in [0.25, 0.3) is 0 Å². The second-order valence-electron chi connectivity index (χ2n) is 7.32. The van der Waals surface area contributed by atoms with Crippen molar-refractivity contribution in [3.8, 4) is 5.75 Å². The number of ether oxygens (including phenoxy) is 1. The summed E-state index contributed by atoms with van der Waals surface area (Å²) in [4.78, 5) is 6.92. The minimum Gasteiger partial charge on any atom is -0.497 e. The summed E-state index contributed by atoms with van der Waals surface area (Å²) >= 11 is 1.30. The Morgan fingerprint density at radius 2 is 1.81 bits per heavy atom. The quantitative estimate of drug-likeness (QED) is 0.560. The molecular weight excluding hydrogens is 439 g/mol. The van der Waals surface area contributed by atoms with Crippen LogP contribution in [-0.4, -0.2) is 55.4 Å². The topological polar surface area (TPSA) is 75.6 Å². The highest BCUT2D eigenvalue weighted by Crippen LogP contribution is 2.24. The summed E-state index contributed by atoms with van der Waals surface area (Å²) in [6, 6.07) is 11.4. The molecule has 0 aliphatic carbocycles. The molecule has 0 amide bonds. The van der Waals surface area contributed by atoms with E-state index >= 15 is 0 Å². The van der Waals surface area contributed by atoms with Gasteiger partial charge in [-0.2, -0.15) is 8.68 Å². The minimum absolute atomic E-state index is 0.224. The maximum absolute atomic E-state index is 13.5. The van der Waals surface area contributed by atoms with Crippen molar-refractivity contribution in [2.45, 2.75) is 18.2 Å². The molecular formula is C21H23FN4O3S2. The SMILES string of the molecule is COc1ccc(S(=O)(=O)N2CCN(c3nc(Cc4ccc(F)c(C)c4)ns3)CC2)cc1. The lowest BCUT2D eigenvalue weighted by molar-refractivity contribution is 0.384. The van der Waals surface area contributed by atoms with Crippen LogP contribution in [0.5, 0.6) is 5.75 Å². The molecule has 10 heteroatoms. The van der Waals surface area contributed by atoms with Crippen LogP contribution in [0.2, 0.25) is 0 Å². The van der Waals surface area contributed by atoms with Crippen molar-refractivity contribution in [1.29, 1.82) is 0 Å². The summed E-state index contributed by atoms with van der Waals surface area (Å²) in [5.74, 6) is 1.07. The lowest BCUT2D eigenvalue weighted by atomic mass is 10.1. The number of benzene rings is 2. The van der Waals surface area contributed by atoms with Gasteiger partial charge in [0.2, 0.25) is 15.2 Å². The van der Waals surface area contributed by atoms with E-state index in [1.807, 2.05) is 0 Å². The molecule has 164 valence electrons. The largest absolute Gasteiger partial charge is 0.497 e. The molecule has 0 saturated carbocycles. The number of hydrogen-bond acceptors (Lipinski definition) is 7. The minimum atomic E-state index is -3.55. The zero-order valence-electron chi connectivity index (χ0n) is 17.3. The maximum Gasteiger partial charge on any atom is 0.243 e.